The molecule has 0 N–H and O–H groups in total. The highest BCUT2D eigenvalue weighted by atomic mass is 32.2. The molecule has 2 fully saturated rings. The Morgan fingerprint density at radius 3 is 2.50 bits per heavy atom. The van der Waals surface area contributed by atoms with Crippen LogP contribution in [0, 0.1) is 5.92 Å². The molecule has 1 aliphatic carbocycles. The van der Waals surface area contributed by atoms with E-state index in [4.69, 9.17) is 4.74 Å². The van der Waals surface area contributed by atoms with Crippen molar-refractivity contribution in [2.45, 2.75) is 57.9 Å². The third-order valence-corrected chi connectivity index (χ3v) is 6.34. The second kappa shape index (κ2) is 6.89. The molecule has 5 nitrogen and oxygen atoms in total. The van der Waals surface area contributed by atoms with E-state index in [2.05, 4.69) is 0 Å². The van der Waals surface area contributed by atoms with Crippen LogP contribution in [0.3, 0.4) is 0 Å². The molecule has 1 aliphatic heterocycles. The van der Waals surface area contributed by atoms with Crippen LogP contribution in [-0.4, -0.2) is 43.6 Å². The van der Waals surface area contributed by atoms with Crippen molar-refractivity contribution < 1.29 is 17.9 Å². The molecule has 6 heteroatoms. The Morgan fingerprint density at radius 1 is 1.15 bits per heavy atom. The molecule has 1 heterocycles. The van der Waals surface area contributed by atoms with E-state index in [1.54, 1.807) is 6.92 Å². The maximum atomic E-state index is 12.5. The number of esters is 1. The van der Waals surface area contributed by atoms with E-state index in [1.165, 1.54) is 10.7 Å². The van der Waals surface area contributed by atoms with E-state index in [0.29, 0.717) is 19.6 Å². The van der Waals surface area contributed by atoms with Gasteiger partial charge in [-0.2, -0.15) is 4.31 Å². The second-order valence-electron chi connectivity index (χ2n) is 5.80. The summed E-state index contributed by atoms with van der Waals surface area (Å²) in [6.45, 7) is 2.50. The van der Waals surface area contributed by atoms with Crippen LogP contribution in [0.2, 0.25) is 0 Å². The summed E-state index contributed by atoms with van der Waals surface area (Å²) in [5.74, 6) is 0.0672. The van der Waals surface area contributed by atoms with Crippen LogP contribution in [-0.2, 0) is 19.6 Å². The lowest BCUT2D eigenvalue weighted by Gasteiger charge is -2.27. The zero-order chi connectivity index (χ0) is 14.6. The Morgan fingerprint density at radius 2 is 1.85 bits per heavy atom. The number of sulfonamides is 1. The van der Waals surface area contributed by atoms with Gasteiger partial charge in [-0.1, -0.05) is 19.3 Å². The molecule has 0 bridgehead atoms. The molecule has 2 rings (SSSR count). The standard InChI is InChI=1S/C14H25NO4S/c1-2-19-14(16)13-9-6-10-15(13)20(17,18)11-12-7-4-3-5-8-12/h12-13H,2-11H2,1H3. The van der Waals surface area contributed by atoms with Gasteiger partial charge in [0, 0.05) is 6.54 Å². The first kappa shape index (κ1) is 15.8. The van der Waals surface area contributed by atoms with Crippen molar-refractivity contribution in [1.82, 2.24) is 4.31 Å². The van der Waals surface area contributed by atoms with E-state index in [-0.39, 0.29) is 11.7 Å². The molecule has 0 radical (unpaired) electrons. The molecule has 1 atom stereocenters. The number of ether oxygens (including phenoxy) is 1. The Hall–Kier alpha value is -0.620. The molecule has 20 heavy (non-hydrogen) atoms. The summed E-state index contributed by atoms with van der Waals surface area (Å²) >= 11 is 0. The normalized spacial score (nSPS) is 25.8. The van der Waals surface area contributed by atoms with Crippen molar-refractivity contribution in [1.29, 1.82) is 0 Å². The summed E-state index contributed by atoms with van der Waals surface area (Å²) in [4.78, 5) is 11.9. The maximum absolute atomic E-state index is 12.5. The molecular formula is C14H25NO4S. The van der Waals surface area contributed by atoms with Crippen molar-refractivity contribution in [3.05, 3.63) is 0 Å². The van der Waals surface area contributed by atoms with E-state index in [9.17, 15) is 13.2 Å². The van der Waals surface area contributed by atoms with Gasteiger partial charge >= 0.3 is 5.97 Å². The minimum absolute atomic E-state index is 0.197. The van der Waals surface area contributed by atoms with Crippen LogP contribution >= 0.6 is 0 Å². The highest BCUT2D eigenvalue weighted by molar-refractivity contribution is 7.89. The zero-order valence-electron chi connectivity index (χ0n) is 12.2. The Kier molecular flexibility index (Phi) is 5.43. The van der Waals surface area contributed by atoms with Crippen molar-refractivity contribution in [3.63, 3.8) is 0 Å². The molecule has 0 amide bonds. The predicted octanol–water partition coefficient (Wildman–Crippen LogP) is 1.92. The van der Waals surface area contributed by atoms with E-state index >= 15 is 0 Å². The average Bonchev–Trinajstić information content (AvgIpc) is 2.90. The number of nitrogens with zero attached hydrogens (tertiary/aromatic N) is 1. The van der Waals surface area contributed by atoms with Gasteiger partial charge in [-0.15, -0.1) is 0 Å². The number of hydrogen-bond donors (Lipinski definition) is 0. The largest absolute Gasteiger partial charge is 0.465 e. The summed E-state index contributed by atoms with van der Waals surface area (Å²) in [5, 5.41) is 0. The van der Waals surface area contributed by atoms with E-state index in [1.807, 2.05) is 0 Å². The van der Waals surface area contributed by atoms with Gasteiger partial charge in [0.05, 0.1) is 12.4 Å². The van der Waals surface area contributed by atoms with Crippen molar-refractivity contribution >= 4 is 16.0 Å². The minimum Gasteiger partial charge on any atom is -0.465 e. The zero-order valence-corrected chi connectivity index (χ0v) is 13.0. The molecule has 1 saturated carbocycles. The first-order valence-electron chi connectivity index (χ1n) is 7.70. The van der Waals surface area contributed by atoms with Gasteiger partial charge in [0.1, 0.15) is 6.04 Å². The SMILES string of the molecule is CCOC(=O)C1CCCN1S(=O)(=O)CC1CCCCC1. The fourth-order valence-electron chi connectivity index (χ4n) is 3.29. The third kappa shape index (κ3) is 3.73. The summed E-state index contributed by atoms with van der Waals surface area (Å²) in [6.07, 6.45) is 6.79. The number of rotatable bonds is 5. The number of carbonyl (C=O) groups is 1. The Labute approximate surface area is 121 Å². The topological polar surface area (TPSA) is 63.7 Å². The summed E-state index contributed by atoms with van der Waals surface area (Å²) < 4.78 is 31.5. The Balaban J connectivity index is 2.01. The second-order valence-corrected chi connectivity index (χ2v) is 7.77. The van der Waals surface area contributed by atoms with Crippen LogP contribution in [0.25, 0.3) is 0 Å². The molecule has 2 aliphatic rings. The van der Waals surface area contributed by atoms with Crippen LogP contribution in [0.4, 0.5) is 0 Å². The monoisotopic (exact) mass is 303 g/mol. The van der Waals surface area contributed by atoms with Crippen LogP contribution in [0.1, 0.15) is 51.9 Å². The average molecular weight is 303 g/mol. The minimum atomic E-state index is -3.34. The maximum Gasteiger partial charge on any atom is 0.324 e. The summed E-state index contributed by atoms with van der Waals surface area (Å²) in [6, 6.07) is -0.594. The van der Waals surface area contributed by atoms with Crippen molar-refractivity contribution in [2.75, 3.05) is 18.9 Å². The smallest absolute Gasteiger partial charge is 0.324 e. The van der Waals surface area contributed by atoms with Gasteiger partial charge in [-0.25, -0.2) is 8.42 Å². The molecule has 0 aromatic rings. The fourth-order valence-corrected chi connectivity index (χ4v) is 5.40. The summed E-state index contributed by atoms with van der Waals surface area (Å²) in [7, 11) is -3.34. The van der Waals surface area contributed by atoms with Crippen LogP contribution in [0.5, 0.6) is 0 Å². The third-order valence-electron chi connectivity index (χ3n) is 4.29. The van der Waals surface area contributed by atoms with Gasteiger partial charge in [-0.3, -0.25) is 4.79 Å². The predicted molar refractivity (Wildman–Crippen MR) is 76.7 cm³/mol. The molecule has 116 valence electrons. The molecule has 1 unspecified atom stereocenters. The molecule has 1 saturated heterocycles. The lowest BCUT2D eigenvalue weighted by atomic mass is 9.91. The molecule has 0 aromatic heterocycles. The van der Waals surface area contributed by atoms with Gasteiger partial charge < -0.3 is 4.74 Å². The first-order chi connectivity index (χ1) is 9.54. The van der Waals surface area contributed by atoms with Gasteiger partial charge in [0.15, 0.2) is 0 Å². The lowest BCUT2D eigenvalue weighted by molar-refractivity contribution is -0.146. The van der Waals surface area contributed by atoms with Crippen molar-refractivity contribution in [3.8, 4) is 0 Å². The quantitative estimate of drug-likeness (QED) is 0.728. The van der Waals surface area contributed by atoms with Gasteiger partial charge in [0.2, 0.25) is 10.0 Å². The highest BCUT2D eigenvalue weighted by Gasteiger charge is 2.40. The van der Waals surface area contributed by atoms with E-state index in [0.717, 1.165) is 32.1 Å². The number of carbonyl (C=O) groups excluding carboxylic acids is 1. The number of hydrogen-bond acceptors (Lipinski definition) is 4. The fraction of sp³-hybridized carbons (Fsp3) is 0.929. The van der Waals surface area contributed by atoms with Crippen LogP contribution < -0.4 is 0 Å². The highest BCUT2D eigenvalue weighted by Crippen LogP contribution is 2.29. The molecule has 0 spiro atoms. The van der Waals surface area contributed by atoms with Crippen molar-refractivity contribution in [2.24, 2.45) is 5.92 Å². The van der Waals surface area contributed by atoms with Crippen LogP contribution in [0.15, 0.2) is 0 Å². The first-order valence-corrected chi connectivity index (χ1v) is 9.31. The van der Waals surface area contributed by atoms with Gasteiger partial charge in [-0.05, 0) is 38.5 Å². The van der Waals surface area contributed by atoms with Gasteiger partial charge in [0.25, 0.3) is 0 Å². The molecule has 0 aromatic carbocycles. The Bertz CT molecular complexity index is 428. The molecular weight excluding hydrogens is 278 g/mol. The van der Waals surface area contributed by atoms with E-state index < -0.39 is 22.0 Å². The lowest BCUT2D eigenvalue weighted by Crippen LogP contribution is -2.43. The summed E-state index contributed by atoms with van der Waals surface area (Å²) in [5.41, 5.74) is 0.